The number of para-hydroxylation sites is 1. The molecule has 0 unspecified atom stereocenters. The molecule has 0 saturated carbocycles. The van der Waals surface area contributed by atoms with Gasteiger partial charge in [-0.2, -0.15) is 0 Å². The van der Waals surface area contributed by atoms with E-state index in [1.165, 1.54) is 16.7 Å². The average molecular weight is 288 g/mol. The molecule has 0 aromatic heterocycles. The van der Waals surface area contributed by atoms with Crippen LogP contribution in [0.1, 0.15) is 18.9 Å². The van der Waals surface area contributed by atoms with Crippen molar-refractivity contribution in [3.63, 3.8) is 0 Å². The molecule has 2 aromatic carbocycles. The summed E-state index contributed by atoms with van der Waals surface area (Å²) in [7, 11) is 0. The first kappa shape index (κ1) is 14.4. The number of benzene rings is 2. The minimum absolute atomic E-state index is 0.868. The number of hydrogen-bond acceptors (Lipinski definition) is 1. The van der Waals surface area contributed by atoms with Crippen molar-refractivity contribution in [3.8, 4) is 11.5 Å². The molecule has 0 aliphatic heterocycles. The van der Waals surface area contributed by atoms with E-state index in [-0.39, 0.29) is 0 Å². The minimum atomic E-state index is 0.868. The zero-order valence-electron chi connectivity index (χ0n) is 12.8. The van der Waals surface area contributed by atoms with Crippen LogP contribution in [0.4, 0.5) is 0 Å². The Hall–Kier alpha value is -2.54. The predicted octanol–water partition coefficient (Wildman–Crippen LogP) is 5.85. The van der Waals surface area contributed by atoms with Crippen molar-refractivity contribution in [1.29, 1.82) is 0 Å². The summed E-state index contributed by atoms with van der Waals surface area (Å²) in [5, 5.41) is 0. The zero-order valence-corrected chi connectivity index (χ0v) is 12.8. The van der Waals surface area contributed by atoms with Crippen LogP contribution in [-0.4, -0.2) is 0 Å². The van der Waals surface area contributed by atoms with Crippen LogP contribution in [0, 0.1) is 0 Å². The van der Waals surface area contributed by atoms with E-state index < -0.39 is 0 Å². The normalized spacial score (nSPS) is 15.7. The number of rotatable bonds is 4. The van der Waals surface area contributed by atoms with E-state index in [2.05, 4.69) is 43.4 Å². The molecule has 0 atom stereocenters. The highest BCUT2D eigenvalue weighted by molar-refractivity contribution is 5.38. The second-order valence-electron chi connectivity index (χ2n) is 5.53. The maximum absolute atomic E-state index is 5.82. The van der Waals surface area contributed by atoms with Crippen LogP contribution in [-0.2, 0) is 6.42 Å². The second-order valence-corrected chi connectivity index (χ2v) is 5.53. The van der Waals surface area contributed by atoms with Gasteiger partial charge in [-0.05, 0) is 55.2 Å². The van der Waals surface area contributed by atoms with Crippen LogP contribution in [0.25, 0.3) is 0 Å². The van der Waals surface area contributed by atoms with Crippen LogP contribution < -0.4 is 4.74 Å². The van der Waals surface area contributed by atoms with Gasteiger partial charge in [0.05, 0.1) is 0 Å². The Labute approximate surface area is 132 Å². The highest BCUT2D eigenvalue weighted by Crippen LogP contribution is 2.23. The van der Waals surface area contributed by atoms with Gasteiger partial charge in [0.2, 0.25) is 0 Å². The fourth-order valence-electron chi connectivity index (χ4n) is 2.55. The summed E-state index contributed by atoms with van der Waals surface area (Å²) in [6.07, 6.45) is 10.7. The lowest BCUT2D eigenvalue weighted by molar-refractivity contribution is 0.482. The van der Waals surface area contributed by atoms with Gasteiger partial charge in [0.25, 0.3) is 0 Å². The van der Waals surface area contributed by atoms with Crippen LogP contribution in [0.5, 0.6) is 11.5 Å². The molecule has 0 bridgehead atoms. The smallest absolute Gasteiger partial charge is 0.127 e. The van der Waals surface area contributed by atoms with Gasteiger partial charge in [0, 0.05) is 0 Å². The van der Waals surface area contributed by atoms with Gasteiger partial charge in [-0.1, -0.05) is 60.2 Å². The molecule has 110 valence electrons. The zero-order chi connectivity index (χ0) is 15.2. The van der Waals surface area contributed by atoms with Crippen molar-refractivity contribution >= 4 is 0 Å². The van der Waals surface area contributed by atoms with Gasteiger partial charge >= 0.3 is 0 Å². The Morgan fingerprint density at radius 2 is 1.64 bits per heavy atom. The first-order valence-corrected chi connectivity index (χ1v) is 7.65. The van der Waals surface area contributed by atoms with Crippen LogP contribution in [0.15, 0.2) is 90.0 Å². The van der Waals surface area contributed by atoms with Gasteiger partial charge < -0.3 is 4.74 Å². The Kier molecular flexibility index (Phi) is 4.55. The van der Waals surface area contributed by atoms with Crippen molar-refractivity contribution in [2.24, 2.45) is 0 Å². The summed E-state index contributed by atoms with van der Waals surface area (Å²) in [4.78, 5) is 0. The van der Waals surface area contributed by atoms with Gasteiger partial charge in [0.15, 0.2) is 0 Å². The van der Waals surface area contributed by atoms with E-state index in [4.69, 9.17) is 4.74 Å². The van der Waals surface area contributed by atoms with Crippen molar-refractivity contribution in [3.05, 3.63) is 95.6 Å². The summed E-state index contributed by atoms with van der Waals surface area (Å²) >= 11 is 0. The lowest BCUT2D eigenvalue weighted by atomic mass is 9.97. The molecule has 0 fully saturated rings. The Morgan fingerprint density at radius 3 is 2.32 bits per heavy atom. The topological polar surface area (TPSA) is 9.23 Å². The monoisotopic (exact) mass is 288 g/mol. The molecule has 0 spiro atoms. The fraction of sp³-hybridized carbons (Fsp3) is 0.143. The molecule has 0 saturated heterocycles. The summed E-state index contributed by atoms with van der Waals surface area (Å²) in [6.45, 7) is 2.22. The second kappa shape index (κ2) is 6.95. The average Bonchev–Trinajstić information content (AvgIpc) is 2.58. The maximum Gasteiger partial charge on any atom is 0.127 e. The summed E-state index contributed by atoms with van der Waals surface area (Å²) in [5.41, 5.74) is 4.16. The molecule has 1 heteroatoms. The van der Waals surface area contributed by atoms with Crippen molar-refractivity contribution in [1.82, 2.24) is 0 Å². The van der Waals surface area contributed by atoms with Gasteiger partial charge in [0.1, 0.15) is 11.5 Å². The van der Waals surface area contributed by atoms with E-state index >= 15 is 0 Å². The minimum Gasteiger partial charge on any atom is -0.457 e. The highest BCUT2D eigenvalue weighted by Gasteiger charge is 2.03. The van der Waals surface area contributed by atoms with E-state index in [9.17, 15) is 0 Å². The largest absolute Gasteiger partial charge is 0.457 e. The van der Waals surface area contributed by atoms with Crippen molar-refractivity contribution < 1.29 is 4.74 Å². The third-order valence-corrected chi connectivity index (χ3v) is 3.80. The van der Waals surface area contributed by atoms with Crippen LogP contribution in [0.2, 0.25) is 0 Å². The van der Waals surface area contributed by atoms with Crippen LogP contribution >= 0.6 is 0 Å². The molecule has 2 aromatic rings. The standard InChI is InChI=1S/C21H20O/c1-17(19-8-4-2-5-9-19)16-18-12-14-21(15-13-18)22-20-10-6-3-7-11-20/h2-8,10-15H,9,16H2,1H3. The third-order valence-electron chi connectivity index (χ3n) is 3.80. The summed E-state index contributed by atoms with van der Waals surface area (Å²) in [6, 6.07) is 18.2. The Morgan fingerprint density at radius 1 is 0.909 bits per heavy atom. The molecule has 1 nitrogen and oxygen atoms in total. The van der Waals surface area contributed by atoms with Gasteiger partial charge in [-0.3, -0.25) is 0 Å². The molecule has 1 aliphatic rings. The third kappa shape index (κ3) is 3.76. The van der Waals surface area contributed by atoms with Crippen LogP contribution in [0.3, 0.4) is 0 Å². The first-order chi connectivity index (χ1) is 10.8. The van der Waals surface area contributed by atoms with Crippen molar-refractivity contribution in [2.75, 3.05) is 0 Å². The lowest BCUT2D eigenvalue weighted by Gasteiger charge is -2.10. The molecule has 22 heavy (non-hydrogen) atoms. The molecular weight excluding hydrogens is 268 g/mol. The fourth-order valence-corrected chi connectivity index (χ4v) is 2.55. The van der Waals surface area contributed by atoms with Gasteiger partial charge in [-0.25, -0.2) is 0 Å². The Bertz CT molecular complexity index is 703. The molecule has 3 rings (SSSR count). The first-order valence-electron chi connectivity index (χ1n) is 7.65. The molecular formula is C21H20O. The molecule has 1 aliphatic carbocycles. The quantitative estimate of drug-likeness (QED) is 0.685. The molecule has 0 N–H and O–H groups in total. The van der Waals surface area contributed by atoms with Gasteiger partial charge in [-0.15, -0.1) is 0 Å². The highest BCUT2D eigenvalue weighted by atomic mass is 16.5. The predicted molar refractivity (Wildman–Crippen MR) is 92.3 cm³/mol. The number of allylic oxidation sites excluding steroid dienone is 6. The van der Waals surface area contributed by atoms with E-state index in [1.807, 2.05) is 42.5 Å². The van der Waals surface area contributed by atoms with E-state index in [0.29, 0.717) is 0 Å². The van der Waals surface area contributed by atoms with E-state index in [0.717, 1.165) is 24.3 Å². The van der Waals surface area contributed by atoms with Crippen molar-refractivity contribution in [2.45, 2.75) is 19.8 Å². The number of ether oxygens (including phenoxy) is 1. The molecule has 0 radical (unpaired) electrons. The lowest BCUT2D eigenvalue weighted by Crippen LogP contribution is -1.93. The maximum atomic E-state index is 5.82. The molecule has 0 amide bonds. The Balaban J connectivity index is 1.67. The van der Waals surface area contributed by atoms with E-state index in [1.54, 1.807) is 0 Å². The SMILES string of the molecule is CC(Cc1ccc(Oc2ccccc2)cc1)=C1C=CC=CC1. The summed E-state index contributed by atoms with van der Waals surface area (Å²) < 4.78 is 5.82. The summed E-state index contributed by atoms with van der Waals surface area (Å²) in [5.74, 6) is 1.74. The molecule has 0 heterocycles. The number of hydrogen-bond donors (Lipinski definition) is 0.